The number of aliphatic hydroxyl groups excluding tert-OH is 1. The molecule has 0 spiro atoms. The van der Waals surface area contributed by atoms with E-state index in [0.29, 0.717) is 23.3 Å². The molecule has 0 saturated heterocycles. The van der Waals surface area contributed by atoms with Crippen LogP contribution in [0.25, 0.3) is 0 Å². The molecule has 1 saturated carbocycles. The lowest BCUT2D eigenvalue weighted by Crippen LogP contribution is -2.11. The maximum atomic E-state index is 9.61. The van der Waals surface area contributed by atoms with Gasteiger partial charge in [0.15, 0.2) is 0 Å². The summed E-state index contributed by atoms with van der Waals surface area (Å²) in [4.78, 5) is 0. The van der Waals surface area contributed by atoms with Crippen molar-refractivity contribution in [3.8, 4) is 5.75 Å². The van der Waals surface area contributed by atoms with E-state index in [-0.39, 0.29) is 6.54 Å². The Morgan fingerprint density at radius 2 is 2.25 bits per heavy atom. The van der Waals surface area contributed by atoms with Crippen LogP contribution in [0.15, 0.2) is 18.2 Å². The fraction of sp³-hybridized carbons (Fsp3) is 0.500. The van der Waals surface area contributed by atoms with Gasteiger partial charge >= 0.3 is 0 Å². The average molecular weight is 242 g/mol. The molecule has 3 nitrogen and oxygen atoms in total. The number of halogens is 1. The van der Waals surface area contributed by atoms with Gasteiger partial charge in [0.2, 0.25) is 0 Å². The second-order valence-corrected chi connectivity index (χ2v) is 4.60. The summed E-state index contributed by atoms with van der Waals surface area (Å²) in [6.45, 7) is 0.908. The summed E-state index contributed by atoms with van der Waals surface area (Å²) in [5.74, 6) is 1.32. The van der Waals surface area contributed by atoms with E-state index < -0.39 is 6.10 Å². The van der Waals surface area contributed by atoms with Crippen LogP contribution in [0.1, 0.15) is 24.5 Å². The molecule has 3 N–H and O–H groups in total. The Bertz CT molecular complexity index is 366. The van der Waals surface area contributed by atoms with Gasteiger partial charge in [0, 0.05) is 6.54 Å². The third kappa shape index (κ3) is 2.88. The first-order valence-corrected chi connectivity index (χ1v) is 5.89. The van der Waals surface area contributed by atoms with Gasteiger partial charge in [-0.3, -0.25) is 0 Å². The van der Waals surface area contributed by atoms with E-state index >= 15 is 0 Å². The highest BCUT2D eigenvalue weighted by Gasteiger charge is 2.22. The van der Waals surface area contributed by atoms with Gasteiger partial charge < -0.3 is 15.6 Å². The summed E-state index contributed by atoms with van der Waals surface area (Å²) in [5, 5.41) is 10.2. The van der Waals surface area contributed by atoms with Crippen molar-refractivity contribution in [1.29, 1.82) is 0 Å². The Labute approximate surface area is 100 Å². The number of nitrogens with two attached hydrogens (primary N) is 1. The molecule has 0 heterocycles. The molecule has 0 aliphatic heterocycles. The first-order valence-electron chi connectivity index (χ1n) is 5.51. The quantitative estimate of drug-likeness (QED) is 0.830. The fourth-order valence-electron chi connectivity index (χ4n) is 1.47. The molecule has 4 heteroatoms. The predicted molar refractivity (Wildman–Crippen MR) is 63.7 cm³/mol. The Morgan fingerprint density at radius 1 is 1.50 bits per heavy atom. The minimum Gasteiger partial charge on any atom is -0.492 e. The summed E-state index contributed by atoms with van der Waals surface area (Å²) in [7, 11) is 0. The third-order valence-electron chi connectivity index (χ3n) is 2.73. The molecule has 16 heavy (non-hydrogen) atoms. The molecule has 2 rings (SSSR count). The molecule has 1 aromatic rings. The zero-order valence-electron chi connectivity index (χ0n) is 9.03. The molecule has 1 aliphatic rings. The molecule has 1 atom stereocenters. The first-order chi connectivity index (χ1) is 7.70. The van der Waals surface area contributed by atoms with Gasteiger partial charge in [0.25, 0.3) is 0 Å². The van der Waals surface area contributed by atoms with E-state index in [1.807, 2.05) is 0 Å². The standard InChI is InChI=1S/C12H16ClNO2/c13-10-4-3-9(11(15)6-14)5-12(10)16-7-8-1-2-8/h3-5,8,11,15H,1-2,6-7,14H2. The van der Waals surface area contributed by atoms with Crippen LogP contribution in [0.2, 0.25) is 5.02 Å². The minimum atomic E-state index is -0.652. The maximum Gasteiger partial charge on any atom is 0.138 e. The van der Waals surface area contributed by atoms with Crippen LogP contribution < -0.4 is 10.5 Å². The van der Waals surface area contributed by atoms with E-state index in [1.54, 1.807) is 18.2 Å². The van der Waals surface area contributed by atoms with E-state index in [2.05, 4.69) is 0 Å². The summed E-state index contributed by atoms with van der Waals surface area (Å²) in [6.07, 6.45) is 1.83. The van der Waals surface area contributed by atoms with Crippen molar-refractivity contribution in [1.82, 2.24) is 0 Å². The summed E-state index contributed by atoms with van der Waals surface area (Å²) in [6, 6.07) is 5.27. The second kappa shape index (κ2) is 5.04. The van der Waals surface area contributed by atoms with Crippen LogP contribution >= 0.6 is 11.6 Å². The molecule has 0 radical (unpaired) electrons. The van der Waals surface area contributed by atoms with Crippen molar-refractivity contribution in [3.05, 3.63) is 28.8 Å². The van der Waals surface area contributed by atoms with E-state index in [1.165, 1.54) is 12.8 Å². The molecular formula is C12H16ClNO2. The largest absolute Gasteiger partial charge is 0.492 e. The molecule has 0 amide bonds. The first kappa shape index (κ1) is 11.7. The monoisotopic (exact) mass is 241 g/mol. The number of ether oxygens (including phenoxy) is 1. The molecule has 1 unspecified atom stereocenters. The van der Waals surface area contributed by atoms with Gasteiger partial charge in [0.05, 0.1) is 17.7 Å². The van der Waals surface area contributed by atoms with Crippen molar-refractivity contribution in [2.75, 3.05) is 13.2 Å². The third-order valence-corrected chi connectivity index (χ3v) is 3.05. The van der Waals surface area contributed by atoms with Crippen LogP contribution in [-0.2, 0) is 0 Å². The fourth-order valence-corrected chi connectivity index (χ4v) is 1.64. The molecule has 0 bridgehead atoms. The molecule has 88 valence electrons. The molecule has 1 fully saturated rings. The molecular weight excluding hydrogens is 226 g/mol. The average Bonchev–Trinajstić information content (AvgIpc) is 3.11. The van der Waals surface area contributed by atoms with E-state index in [9.17, 15) is 5.11 Å². The highest BCUT2D eigenvalue weighted by atomic mass is 35.5. The Kier molecular flexibility index (Phi) is 3.69. The van der Waals surface area contributed by atoms with Crippen LogP contribution in [0.5, 0.6) is 5.75 Å². The van der Waals surface area contributed by atoms with Crippen molar-refractivity contribution >= 4 is 11.6 Å². The minimum absolute atomic E-state index is 0.198. The molecule has 1 aromatic carbocycles. The lowest BCUT2D eigenvalue weighted by atomic mass is 10.1. The van der Waals surface area contributed by atoms with Gasteiger partial charge in [-0.25, -0.2) is 0 Å². The second-order valence-electron chi connectivity index (χ2n) is 4.20. The molecule has 0 aromatic heterocycles. The number of hydrogen-bond acceptors (Lipinski definition) is 3. The van der Waals surface area contributed by atoms with Gasteiger partial charge in [-0.15, -0.1) is 0 Å². The Hall–Kier alpha value is -0.770. The Morgan fingerprint density at radius 3 is 2.88 bits per heavy atom. The highest BCUT2D eigenvalue weighted by Crippen LogP contribution is 2.32. The summed E-state index contributed by atoms with van der Waals surface area (Å²) < 4.78 is 5.61. The molecule has 1 aliphatic carbocycles. The zero-order chi connectivity index (χ0) is 11.5. The Balaban J connectivity index is 2.07. The van der Waals surface area contributed by atoms with Crippen LogP contribution in [0, 0.1) is 5.92 Å². The van der Waals surface area contributed by atoms with Crippen LogP contribution in [0.3, 0.4) is 0 Å². The normalized spacial score (nSPS) is 17.2. The van der Waals surface area contributed by atoms with Crippen molar-refractivity contribution in [3.63, 3.8) is 0 Å². The summed E-state index contributed by atoms with van der Waals surface area (Å²) >= 11 is 6.01. The predicted octanol–water partition coefficient (Wildman–Crippen LogP) is 2.12. The highest BCUT2D eigenvalue weighted by molar-refractivity contribution is 6.32. The van der Waals surface area contributed by atoms with Gasteiger partial charge in [0.1, 0.15) is 5.75 Å². The van der Waals surface area contributed by atoms with E-state index in [4.69, 9.17) is 22.1 Å². The SMILES string of the molecule is NCC(O)c1ccc(Cl)c(OCC2CC2)c1. The lowest BCUT2D eigenvalue weighted by Gasteiger charge is -2.12. The zero-order valence-corrected chi connectivity index (χ0v) is 9.78. The number of rotatable bonds is 5. The summed E-state index contributed by atoms with van der Waals surface area (Å²) in [5.41, 5.74) is 6.15. The van der Waals surface area contributed by atoms with Gasteiger partial charge in [-0.1, -0.05) is 17.7 Å². The van der Waals surface area contributed by atoms with Crippen LogP contribution in [-0.4, -0.2) is 18.3 Å². The van der Waals surface area contributed by atoms with E-state index in [0.717, 1.165) is 5.56 Å². The lowest BCUT2D eigenvalue weighted by molar-refractivity contribution is 0.186. The topological polar surface area (TPSA) is 55.5 Å². The van der Waals surface area contributed by atoms with Crippen molar-refractivity contribution in [2.24, 2.45) is 11.7 Å². The van der Waals surface area contributed by atoms with Crippen LogP contribution in [0.4, 0.5) is 0 Å². The number of benzene rings is 1. The maximum absolute atomic E-state index is 9.61. The smallest absolute Gasteiger partial charge is 0.138 e. The number of aliphatic hydroxyl groups is 1. The van der Waals surface area contributed by atoms with Gasteiger partial charge in [-0.2, -0.15) is 0 Å². The van der Waals surface area contributed by atoms with Crippen molar-refractivity contribution in [2.45, 2.75) is 18.9 Å². The number of hydrogen-bond donors (Lipinski definition) is 2. The van der Waals surface area contributed by atoms with Crippen molar-refractivity contribution < 1.29 is 9.84 Å². The van der Waals surface area contributed by atoms with Gasteiger partial charge in [-0.05, 0) is 36.5 Å².